The Morgan fingerprint density at radius 3 is 1.92 bits per heavy atom. The molecule has 1 aliphatic heterocycles. The fraction of sp³-hybridized carbons (Fsp3) is 0.579. The average Bonchev–Trinajstić information content (AvgIpc) is 3.24. The number of esters is 1. The Hall–Kier alpha value is -4.43. The summed E-state index contributed by atoms with van der Waals surface area (Å²) in [6, 6.07) is 6.27. The molecule has 23 heteroatoms. The molecular formula is C38H54F5N5O13. The second kappa shape index (κ2) is 30.6. The van der Waals surface area contributed by atoms with E-state index in [0.29, 0.717) is 69.9 Å². The number of hydroxylamine groups is 2. The molecule has 0 aromatic heterocycles. The van der Waals surface area contributed by atoms with E-state index < -0.39 is 59.4 Å². The van der Waals surface area contributed by atoms with Crippen LogP contribution >= 0.6 is 0 Å². The molecule has 61 heavy (non-hydrogen) atoms. The summed E-state index contributed by atoms with van der Waals surface area (Å²) in [6.07, 6.45) is 3.37. The standard InChI is InChI=1S/C31H39F5N4O8.C7H15NO5/c32-26-27(33)29(35)31(30(36)28(26)34)48-25(43)10-12-44-14-16-46-18-19-47-17-15-45-13-11-38-20-22(40-37)4-2-1-3-5-24(42)39-21-6-8-23(41)9-7-21;9-6-3-5(1-2-8(11)12)13-4-7(6)10/h6-9,20,41H,1-5,10-19,37H2,(H,39,42);5-7,9-12H,1-4H2/b38-20?,40-22-;. The molecule has 0 spiro atoms. The van der Waals surface area contributed by atoms with E-state index in [1.807, 2.05) is 0 Å². The van der Waals surface area contributed by atoms with E-state index in [-0.39, 0.29) is 69.2 Å². The first-order chi connectivity index (χ1) is 29.2. The number of hydrazone groups is 1. The van der Waals surface area contributed by atoms with Gasteiger partial charge in [-0.25, -0.2) is 13.2 Å². The number of aliphatic hydroxyl groups is 2. The second-order valence-electron chi connectivity index (χ2n) is 13.1. The van der Waals surface area contributed by atoms with Crippen molar-refractivity contribution in [1.29, 1.82) is 0 Å². The minimum Gasteiger partial charge on any atom is -0.508 e. The maximum Gasteiger partial charge on any atom is 0.313 e. The van der Waals surface area contributed by atoms with Crippen LogP contribution in [0, 0.1) is 29.1 Å². The van der Waals surface area contributed by atoms with Gasteiger partial charge in [-0.3, -0.25) is 25.0 Å². The molecule has 344 valence electrons. The van der Waals surface area contributed by atoms with Crippen molar-refractivity contribution in [2.45, 2.75) is 69.7 Å². The number of hydrogen-bond donors (Lipinski definition) is 7. The van der Waals surface area contributed by atoms with Gasteiger partial charge >= 0.3 is 5.97 Å². The predicted octanol–water partition coefficient (Wildman–Crippen LogP) is 3.39. The van der Waals surface area contributed by atoms with E-state index in [0.717, 1.165) is 12.8 Å². The fourth-order valence-electron chi connectivity index (χ4n) is 5.04. The molecule has 8 N–H and O–H groups in total. The number of rotatable bonds is 27. The topological polar surface area (TPSA) is 257 Å². The van der Waals surface area contributed by atoms with Crippen LogP contribution in [-0.4, -0.2) is 146 Å². The average molecular weight is 884 g/mol. The van der Waals surface area contributed by atoms with E-state index in [1.165, 1.54) is 12.1 Å². The van der Waals surface area contributed by atoms with Crippen molar-refractivity contribution in [1.82, 2.24) is 5.23 Å². The molecule has 1 saturated heterocycles. The molecule has 3 rings (SSSR count). The number of amides is 1. The highest BCUT2D eigenvalue weighted by Crippen LogP contribution is 2.29. The monoisotopic (exact) mass is 883 g/mol. The highest BCUT2D eigenvalue weighted by atomic mass is 19.2. The molecule has 2 aromatic rings. The highest BCUT2D eigenvalue weighted by molar-refractivity contribution is 6.30. The summed E-state index contributed by atoms with van der Waals surface area (Å²) >= 11 is 0. The van der Waals surface area contributed by atoms with Crippen LogP contribution in [0.3, 0.4) is 0 Å². The predicted molar refractivity (Wildman–Crippen MR) is 206 cm³/mol. The zero-order valence-electron chi connectivity index (χ0n) is 33.4. The van der Waals surface area contributed by atoms with Crippen molar-refractivity contribution >= 4 is 29.5 Å². The molecule has 0 aliphatic carbocycles. The number of nitrogens with zero attached hydrogens (tertiary/aromatic N) is 3. The summed E-state index contributed by atoms with van der Waals surface area (Å²) in [6.45, 7) is 2.15. The summed E-state index contributed by atoms with van der Waals surface area (Å²) in [5.74, 6) is -8.71. The van der Waals surface area contributed by atoms with E-state index >= 15 is 0 Å². The third-order valence-corrected chi connectivity index (χ3v) is 8.31. The number of carbonyl (C=O) groups is 2. The number of nitrogens with one attached hydrogen (secondary N) is 1. The van der Waals surface area contributed by atoms with Crippen molar-refractivity contribution in [2.75, 3.05) is 77.9 Å². The Morgan fingerprint density at radius 2 is 1.34 bits per heavy atom. The van der Waals surface area contributed by atoms with Gasteiger partial charge in [0.15, 0.2) is 0 Å². The van der Waals surface area contributed by atoms with Gasteiger partial charge in [-0.15, -0.1) is 0 Å². The Balaban J connectivity index is 0.000000835. The minimum absolute atomic E-state index is 0.0630. The molecule has 3 atom stereocenters. The van der Waals surface area contributed by atoms with Crippen LogP contribution < -0.4 is 15.9 Å². The lowest BCUT2D eigenvalue weighted by Crippen LogP contribution is -2.42. The van der Waals surface area contributed by atoms with Crippen molar-refractivity contribution in [2.24, 2.45) is 15.9 Å². The van der Waals surface area contributed by atoms with Gasteiger partial charge in [0.2, 0.25) is 40.7 Å². The van der Waals surface area contributed by atoms with Gasteiger partial charge in [0.25, 0.3) is 0 Å². The number of aliphatic imine (C=N–C) groups is 1. The van der Waals surface area contributed by atoms with Gasteiger partial charge in [0, 0.05) is 24.7 Å². The lowest BCUT2D eigenvalue weighted by Gasteiger charge is -2.30. The normalized spacial score (nSPS) is 16.8. The molecule has 18 nitrogen and oxygen atoms in total. The smallest absolute Gasteiger partial charge is 0.313 e. The quantitative estimate of drug-likeness (QED) is 0.00649. The molecule has 0 saturated carbocycles. The largest absolute Gasteiger partial charge is 0.508 e. The summed E-state index contributed by atoms with van der Waals surface area (Å²) < 4.78 is 97.0. The number of phenolic OH excluding ortho intramolecular Hbond substituents is 1. The third-order valence-electron chi connectivity index (χ3n) is 8.31. The van der Waals surface area contributed by atoms with Crippen molar-refractivity contribution in [3.8, 4) is 11.5 Å². The van der Waals surface area contributed by atoms with Gasteiger partial charge in [-0.05, 0) is 49.9 Å². The van der Waals surface area contributed by atoms with Gasteiger partial charge < -0.3 is 54.9 Å². The number of halogens is 5. The van der Waals surface area contributed by atoms with Crippen molar-refractivity contribution in [3.63, 3.8) is 0 Å². The molecule has 1 fully saturated rings. The van der Waals surface area contributed by atoms with Crippen LogP contribution in [0.25, 0.3) is 0 Å². The molecule has 0 bridgehead atoms. The zero-order valence-corrected chi connectivity index (χ0v) is 33.4. The number of ether oxygens (including phenoxy) is 6. The van der Waals surface area contributed by atoms with E-state index in [9.17, 15) is 41.8 Å². The van der Waals surface area contributed by atoms with Gasteiger partial charge in [0.1, 0.15) is 11.9 Å². The first-order valence-electron chi connectivity index (χ1n) is 19.2. The Bertz CT molecular complexity index is 1620. The number of phenols is 1. The Kier molecular flexibility index (Phi) is 26.4. The maximum atomic E-state index is 13.5. The van der Waals surface area contributed by atoms with Crippen molar-refractivity contribution in [3.05, 3.63) is 53.4 Å². The lowest BCUT2D eigenvalue weighted by molar-refractivity contribution is -0.309. The van der Waals surface area contributed by atoms with Crippen LogP contribution in [-0.2, 0) is 33.3 Å². The number of benzene rings is 2. The number of carbonyl (C=O) groups excluding carboxylic acids is 2. The number of unbranched alkanes of at least 4 members (excludes halogenated alkanes) is 2. The number of aromatic hydroxyl groups is 1. The number of aliphatic hydroxyl groups excluding tert-OH is 2. The van der Waals surface area contributed by atoms with Crippen molar-refractivity contribution < 1.29 is 85.7 Å². The molecular weight excluding hydrogens is 829 g/mol. The Labute approximate surface area is 348 Å². The first-order valence-corrected chi connectivity index (χ1v) is 19.2. The number of anilines is 1. The molecule has 1 amide bonds. The maximum absolute atomic E-state index is 13.5. The lowest BCUT2D eigenvalue weighted by atomic mass is 10.0. The number of hydrogen-bond acceptors (Lipinski definition) is 17. The van der Waals surface area contributed by atoms with Crippen LogP contribution in [0.15, 0.2) is 34.4 Å². The molecule has 1 aliphatic rings. The SMILES string of the molecule is N/N=C(\C=NCCOCCOCCOCCOCCC(=O)Oc1c(F)c(F)c(F)c(F)c1F)CCCCCC(=O)Nc1ccc(O)cc1.OC1COC(CCN(O)O)CC1O. The first kappa shape index (κ1) is 52.7. The van der Waals surface area contributed by atoms with Crippen LogP contribution in [0.2, 0.25) is 0 Å². The van der Waals surface area contributed by atoms with Crippen LogP contribution in [0.5, 0.6) is 11.5 Å². The van der Waals surface area contributed by atoms with Gasteiger partial charge in [0.05, 0.1) is 96.9 Å². The zero-order chi connectivity index (χ0) is 45.0. The summed E-state index contributed by atoms with van der Waals surface area (Å²) in [7, 11) is 0. The summed E-state index contributed by atoms with van der Waals surface area (Å²) in [4.78, 5) is 27.9. The second-order valence-corrected chi connectivity index (χ2v) is 13.1. The van der Waals surface area contributed by atoms with E-state index in [2.05, 4.69) is 20.1 Å². The third kappa shape index (κ3) is 22.3. The molecule has 0 radical (unpaired) electrons. The van der Waals surface area contributed by atoms with Gasteiger partial charge in [-0.1, -0.05) is 11.6 Å². The highest BCUT2D eigenvalue weighted by Gasteiger charge is 2.29. The summed E-state index contributed by atoms with van der Waals surface area (Å²) in [5.41, 5.74) is 1.27. The summed E-state index contributed by atoms with van der Waals surface area (Å²) in [5, 5.41) is 51.1. The van der Waals surface area contributed by atoms with Crippen LogP contribution in [0.4, 0.5) is 27.6 Å². The minimum atomic E-state index is -2.35. The molecule has 1 heterocycles. The molecule has 2 aromatic carbocycles. The van der Waals surface area contributed by atoms with E-state index in [1.54, 1.807) is 18.3 Å². The van der Waals surface area contributed by atoms with Gasteiger partial charge in [-0.2, -0.15) is 13.9 Å². The number of nitrogens with two attached hydrogens (primary N) is 1. The fourth-order valence-corrected chi connectivity index (χ4v) is 5.04. The van der Waals surface area contributed by atoms with Crippen LogP contribution in [0.1, 0.15) is 51.4 Å². The molecule has 3 unspecified atom stereocenters. The van der Waals surface area contributed by atoms with E-state index in [4.69, 9.17) is 45.0 Å². The Morgan fingerprint density at radius 1 is 0.787 bits per heavy atom.